The van der Waals surface area contributed by atoms with Crippen LogP contribution >= 0.6 is 11.3 Å². The van der Waals surface area contributed by atoms with E-state index in [0.717, 1.165) is 10.4 Å². The van der Waals surface area contributed by atoms with Gasteiger partial charge in [0.15, 0.2) is 6.61 Å². The van der Waals surface area contributed by atoms with Gasteiger partial charge in [0.1, 0.15) is 5.75 Å². The highest BCUT2D eigenvalue weighted by atomic mass is 32.1. The fourth-order valence-corrected chi connectivity index (χ4v) is 3.45. The minimum absolute atomic E-state index is 0.110. The topological polar surface area (TPSA) is 123 Å². The number of thiophene rings is 1. The van der Waals surface area contributed by atoms with Crippen LogP contribution in [0.2, 0.25) is 0 Å². The highest BCUT2D eigenvalue weighted by Crippen LogP contribution is 2.25. The summed E-state index contributed by atoms with van der Waals surface area (Å²) in [6.45, 7) is 2.41. The Morgan fingerprint density at radius 2 is 1.90 bits per heavy atom. The standard InChI is InChI=1S/C21H25N3O6S/c1-13-6-7-17(29-3)15(9-13)24-19(26)11-22-20(27)12-30-21(28)10-16(23-14(2)25)18-5-4-8-31-18/h4-9,16H,10-12H2,1-3H3,(H,22,27)(H,23,25)(H,24,26). The number of amides is 3. The highest BCUT2D eigenvalue weighted by Gasteiger charge is 2.20. The Morgan fingerprint density at radius 3 is 2.55 bits per heavy atom. The monoisotopic (exact) mass is 447 g/mol. The zero-order chi connectivity index (χ0) is 22.8. The van der Waals surface area contributed by atoms with Crippen molar-refractivity contribution in [2.45, 2.75) is 26.3 Å². The molecule has 1 aromatic carbocycles. The highest BCUT2D eigenvalue weighted by molar-refractivity contribution is 7.10. The molecule has 0 radical (unpaired) electrons. The quantitative estimate of drug-likeness (QED) is 0.478. The van der Waals surface area contributed by atoms with Gasteiger partial charge in [-0.05, 0) is 36.1 Å². The molecule has 1 atom stereocenters. The molecule has 3 amide bonds. The van der Waals surface area contributed by atoms with E-state index in [4.69, 9.17) is 9.47 Å². The normalized spacial score (nSPS) is 11.2. The molecular weight excluding hydrogens is 422 g/mol. The number of anilines is 1. The molecule has 0 saturated heterocycles. The first-order valence-electron chi connectivity index (χ1n) is 9.45. The summed E-state index contributed by atoms with van der Waals surface area (Å²) in [7, 11) is 1.49. The molecule has 0 aliphatic rings. The van der Waals surface area contributed by atoms with Gasteiger partial charge in [-0.25, -0.2) is 0 Å². The molecule has 0 fully saturated rings. The Labute approximate surface area is 184 Å². The van der Waals surface area contributed by atoms with Gasteiger partial charge in [0.25, 0.3) is 5.91 Å². The van der Waals surface area contributed by atoms with Gasteiger partial charge in [-0.3, -0.25) is 19.2 Å². The van der Waals surface area contributed by atoms with Crippen molar-refractivity contribution in [2.24, 2.45) is 0 Å². The van der Waals surface area contributed by atoms with Crippen molar-refractivity contribution in [3.8, 4) is 5.75 Å². The molecule has 166 valence electrons. The first-order chi connectivity index (χ1) is 14.8. The summed E-state index contributed by atoms with van der Waals surface area (Å²) in [5.74, 6) is -1.49. The second-order valence-electron chi connectivity index (χ2n) is 6.66. The molecular formula is C21H25N3O6S. The van der Waals surface area contributed by atoms with E-state index >= 15 is 0 Å². The molecule has 1 unspecified atom stereocenters. The van der Waals surface area contributed by atoms with Crippen molar-refractivity contribution < 1.29 is 28.7 Å². The van der Waals surface area contributed by atoms with Crippen molar-refractivity contribution in [1.82, 2.24) is 10.6 Å². The number of benzene rings is 1. The SMILES string of the molecule is COc1ccc(C)cc1NC(=O)CNC(=O)COC(=O)CC(NC(C)=O)c1cccs1. The van der Waals surface area contributed by atoms with Gasteiger partial charge in [-0.2, -0.15) is 0 Å². The number of ether oxygens (including phenoxy) is 2. The van der Waals surface area contributed by atoms with Gasteiger partial charge < -0.3 is 25.4 Å². The van der Waals surface area contributed by atoms with E-state index in [9.17, 15) is 19.2 Å². The van der Waals surface area contributed by atoms with Crippen molar-refractivity contribution in [2.75, 3.05) is 25.6 Å². The summed E-state index contributed by atoms with van der Waals surface area (Å²) in [4.78, 5) is 48.2. The Morgan fingerprint density at radius 1 is 1.13 bits per heavy atom. The van der Waals surface area contributed by atoms with Gasteiger partial charge in [-0.15, -0.1) is 11.3 Å². The second-order valence-corrected chi connectivity index (χ2v) is 7.64. The van der Waals surface area contributed by atoms with Crippen molar-refractivity contribution in [1.29, 1.82) is 0 Å². The van der Waals surface area contributed by atoms with Crippen molar-refractivity contribution >= 4 is 40.7 Å². The number of carbonyl (C=O) groups is 4. The molecule has 0 bridgehead atoms. The number of carbonyl (C=O) groups excluding carboxylic acids is 4. The maximum atomic E-state index is 12.1. The largest absolute Gasteiger partial charge is 0.495 e. The Hall–Kier alpha value is -3.40. The number of nitrogens with one attached hydrogen (secondary N) is 3. The smallest absolute Gasteiger partial charge is 0.308 e. The van der Waals surface area contributed by atoms with E-state index in [1.807, 2.05) is 24.4 Å². The zero-order valence-electron chi connectivity index (χ0n) is 17.5. The zero-order valence-corrected chi connectivity index (χ0v) is 18.3. The average Bonchev–Trinajstić information content (AvgIpc) is 3.25. The summed E-state index contributed by atoms with van der Waals surface area (Å²) < 4.78 is 10.2. The first kappa shape index (κ1) is 23.9. The summed E-state index contributed by atoms with van der Waals surface area (Å²) in [6, 6.07) is 8.41. The van der Waals surface area contributed by atoms with Crippen LogP contribution in [0.25, 0.3) is 0 Å². The van der Waals surface area contributed by atoms with Crippen LogP contribution < -0.4 is 20.7 Å². The Balaban J connectivity index is 1.77. The van der Waals surface area contributed by atoms with Crippen LogP contribution in [-0.4, -0.2) is 44.0 Å². The predicted octanol–water partition coefficient (Wildman–Crippen LogP) is 1.93. The lowest BCUT2D eigenvalue weighted by Crippen LogP contribution is -2.36. The third kappa shape index (κ3) is 8.09. The van der Waals surface area contributed by atoms with Crippen LogP contribution in [0.15, 0.2) is 35.7 Å². The molecule has 10 heteroatoms. The van der Waals surface area contributed by atoms with Gasteiger partial charge in [0, 0.05) is 11.8 Å². The number of hydrogen-bond acceptors (Lipinski definition) is 7. The molecule has 31 heavy (non-hydrogen) atoms. The number of methoxy groups -OCH3 is 1. The summed E-state index contributed by atoms with van der Waals surface area (Å²) in [5.41, 5.74) is 1.43. The summed E-state index contributed by atoms with van der Waals surface area (Å²) in [5, 5.41) is 9.56. The third-order valence-corrected chi connectivity index (χ3v) is 5.06. The number of esters is 1. The van der Waals surface area contributed by atoms with Crippen molar-refractivity contribution in [3.63, 3.8) is 0 Å². The Kier molecular flexibility index (Phi) is 9.01. The van der Waals surface area contributed by atoms with E-state index < -0.39 is 30.4 Å². The summed E-state index contributed by atoms with van der Waals surface area (Å²) in [6.07, 6.45) is -0.110. The van der Waals surface area contributed by atoms with Crippen molar-refractivity contribution in [3.05, 3.63) is 46.2 Å². The molecule has 0 saturated carbocycles. The number of hydrogen-bond donors (Lipinski definition) is 3. The summed E-state index contributed by atoms with van der Waals surface area (Å²) >= 11 is 1.40. The molecule has 0 aliphatic carbocycles. The molecule has 3 N–H and O–H groups in total. The van der Waals surface area contributed by atoms with E-state index in [1.165, 1.54) is 25.4 Å². The van der Waals surface area contributed by atoms with Crippen LogP contribution in [0.5, 0.6) is 5.75 Å². The van der Waals surface area contributed by atoms with Crippen LogP contribution in [0.4, 0.5) is 5.69 Å². The number of aryl methyl sites for hydroxylation is 1. The van der Waals surface area contributed by atoms with Crippen LogP contribution in [0.1, 0.15) is 29.8 Å². The van der Waals surface area contributed by atoms with Crippen LogP contribution in [-0.2, 0) is 23.9 Å². The van der Waals surface area contributed by atoms with E-state index in [0.29, 0.717) is 11.4 Å². The molecule has 0 aliphatic heterocycles. The third-order valence-electron chi connectivity index (χ3n) is 4.07. The van der Waals surface area contributed by atoms with E-state index in [2.05, 4.69) is 16.0 Å². The average molecular weight is 448 g/mol. The minimum Gasteiger partial charge on any atom is -0.495 e. The maximum Gasteiger partial charge on any atom is 0.308 e. The van der Waals surface area contributed by atoms with Gasteiger partial charge >= 0.3 is 5.97 Å². The van der Waals surface area contributed by atoms with E-state index in [-0.39, 0.29) is 18.9 Å². The fourth-order valence-electron chi connectivity index (χ4n) is 2.67. The lowest BCUT2D eigenvalue weighted by Gasteiger charge is -2.15. The fraction of sp³-hybridized carbons (Fsp3) is 0.333. The van der Waals surface area contributed by atoms with Gasteiger partial charge in [-0.1, -0.05) is 12.1 Å². The lowest BCUT2D eigenvalue weighted by molar-refractivity contribution is -0.149. The molecule has 2 aromatic rings. The molecule has 0 spiro atoms. The molecule has 2 rings (SSSR count). The maximum absolute atomic E-state index is 12.1. The van der Waals surface area contributed by atoms with Crippen LogP contribution in [0.3, 0.4) is 0 Å². The lowest BCUT2D eigenvalue weighted by atomic mass is 10.1. The van der Waals surface area contributed by atoms with Gasteiger partial charge in [0.05, 0.1) is 31.8 Å². The van der Waals surface area contributed by atoms with Gasteiger partial charge in [0.2, 0.25) is 11.8 Å². The van der Waals surface area contributed by atoms with Crippen LogP contribution in [0, 0.1) is 6.92 Å². The van der Waals surface area contributed by atoms with E-state index in [1.54, 1.807) is 18.2 Å². The minimum atomic E-state index is -0.642. The molecule has 1 aromatic heterocycles. The molecule has 9 nitrogen and oxygen atoms in total. The predicted molar refractivity (Wildman–Crippen MR) is 116 cm³/mol. The second kappa shape index (κ2) is 11.7. The number of rotatable bonds is 10. The first-order valence-corrected chi connectivity index (χ1v) is 10.3. The molecule has 1 heterocycles. The Bertz CT molecular complexity index is 929.